The Morgan fingerprint density at radius 2 is 2.12 bits per heavy atom. The summed E-state index contributed by atoms with van der Waals surface area (Å²) in [5, 5.41) is 2.81. The first-order valence-corrected chi connectivity index (χ1v) is 6.25. The molecule has 2 aliphatic heterocycles. The third-order valence-corrected chi connectivity index (χ3v) is 3.54. The monoisotopic (exact) mass is 240 g/mol. The molecule has 17 heavy (non-hydrogen) atoms. The standard InChI is InChI=1S/C11H20N4O2/c1-3-13(4-2)11(17)14-5-6-15-9(8-14)7-12-10(15)16/h9H,3-8H2,1-2H3,(H,12,16). The molecule has 96 valence electrons. The summed E-state index contributed by atoms with van der Waals surface area (Å²) in [6, 6.07) is 0.245. The van der Waals surface area contributed by atoms with E-state index in [4.69, 9.17) is 0 Å². The third kappa shape index (κ3) is 2.16. The van der Waals surface area contributed by atoms with Gasteiger partial charge < -0.3 is 20.0 Å². The van der Waals surface area contributed by atoms with Gasteiger partial charge in [0, 0.05) is 39.3 Å². The minimum Gasteiger partial charge on any atom is -0.336 e. The zero-order valence-corrected chi connectivity index (χ0v) is 10.5. The van der Waals surface area contributed by atoms with E-state index in [1.54, 1.807) is 0 Å². The summed E-state index contributed by atoms with van der Waals surface area (Å²) in [5.41, 5.74) is 0. The van der Waals surface area contributed by atoms with Gasteiger partial charge in [0.1, 0.15) is 0 Å². The Labute approximate surface area is 102 Å². The SMILES string of the molecule is CCN(CC)C(=O)N1CCN2C(=O)NCC2C1. The largest absolute Gasteiger partial charge is 0.336 e. The topological polar surface area (TPSA) is 55.9 Å². The summed E-state index contributed by atoms with van der Waals surface area (Å²) in [4.78, 5) is 29.1. The van der Waals surface area contributed by atoms with Gasteiger partial charge in [-0.3, -0.25) is 0 Å². The number of nitrogens with one attached hydrogen (secondary N) is 1. The summed E-state index contributed by atoms with van der Waals surface area (Å²) < 4.78 is 0. The van der Waals surface area contributed by atoms with Crippen LogP contribution in [0, 0.1) is 0 Å². The van der Waals surface area contributed by atoms with Crippen LogP contribution in [0.25, 0.3) is 0 Å². The van der Waals surface area contributed by atoms with Crippen LogP contribution in [0.3, 0.4) is 0 Å². The van der Waals surface area contributed by atoms with E-state index in [1.165, 1.54) is 0 Å². The molecule has 0 aromatic rings. The van der Waals surface area contributed by atoms with Crippen molar-refractivity contribution in [2.24, 2.45) is 0 Å². The zero-order chi connectivity index (χ0) is 12.4. The van der Waals surface area contributed by atoms with Crippen LogP contribution < -0.4 is 5.32 Å². The smallest absolute Gasteiger partial charge is 0.320 e. The van der Waals surface area contributed by atoms with Gasteiger partial charge in [0.25, 0.3) is 0 Å². The normalized spacial score (nSPS) is 23.4. The van der Waals surface area contributed by atoms with E-state index in [-0.39, 0.29) is 18.1 Å². The number of hydrogen-bond acceptors (Lipinski definition) is 2. The second-order valence-electron chi connectivity index (χ2n) is 4.43. The first-order valence-electron chi connectivity index (χ1n) is 6.25. The number of hydrogen-bond donors (Lipinski definition) is 1. The number of carbonyl (C=O) groups excluding carboxylic acids is 2. The van der Waals surface area contributed by atoms with Gasteiger partial charge in [0.05, 0.1) is 6.04 Å². The number of amides is 4. The molecule has 2 aliphatic rings. The van der Waals surface area contributed by atoms with Gasteiger partial charge in [0.2, 0.25) is 0 Å². The average molecular weight is 240 g/mol. The van der Waals surface area contributed by atoms with Crippen molar-refractivity contribution in [2.45, 2.75) is 19.9 Å². The number of urea groups is 2. The van der Waals surface area contributed by atoms with E-state index in [1.807, 2.05) is 28.5 Å². The van der Waals surface area contributed by atoms with Gasteiger partial charge in [-0.2, -0.15) is 0 Å². The molecule has 1 unspecified atom stereocenters. The highest BCUT2D eigenvalue weighted by molar-refractivity contribution is 5.78. The number of carbonyl (C=O) groups is 2. The third-order valence-electron chi connectivity index (χ3n) is 3.54. The lowest BCUT2D eigenvalue weighted by Crippen LogP contribution is -2.56. The average Bonchev–Trinajstić information content (AvgIpc) is 2.72. The highest BCUT2D eigenvalue weighted by Crippen LogP contribution is 2.15. The van der Waals surface area contributed by atoms with Crippen molar-refractivity contribution in [3.05, 3.63) is 0 Å². The molecule has 4 amide bonds. The molecule has 2 saturated heterocycles. The van der Waals surface area contributed by atoms with Crippen LogP contribution in [0.2, 0.25) is 0 Å². The van der Waals surface area contributed by atoms with Crippen molar-refractivity contribution >= 4 is 12.1 Å². The molecule has 1 N–H and O–H groups in total. The summed E-state index contributed by atoms with van der Waals surface area (Å²) in [5.74, 6) is 0. The molecule has 0 bridgehead atoms. The van der Waals surface area contributed by atoms with Crippen LogP contribution in [0.5, 0.6) is 0 Å². The molecule has 0 saturated carbocycles. The lowest BCUT2D eigenvalue weighted by Gasteiger charge is -2.38. The lowest BCUT2D eigenvalue weighted by atomic mass is 10.2. The van der Waals surface area contributed by atoms with Crippen LogP contribution in [-0.2, 0) is 0 Å². The summed E-state index contributed by atoms with van der Waals surface area (Å²) in [6.07, 6.45) is 0. The summed E-state index contributed by atoms with van der Waals surface area (Å²) in [6.45, 7) is 8.02. The van der Waals surface area contributed by atoms with E-state index < -0.39 is 0 Å². The van der Waals surface area contributed by atoms with Crippen molar-refractivity contribution in [1.82, 2.24) is 20.0 Å². The predicted molar refractivity (Wildman–Crippen MR) is 63.8 cm³/mol. The van der Waals surface area contributed by atoms with Gasteiger partial charge in [-0.05, 0) is 13.8 Å². The molecule has 0 spiro atoms. The molecule has 0 aromatic carbocycles. The Kier molecular flexibility index (Phi) is 3.40. The van der Waals surface area contributed by atoms with E-state index in [0.717, 1.165) is 13.1 Å². The molecule has 2 rings (SSSR count). The molecule has 1 atom stereocenters. The maximum atomic E-state index is 12.2. The number of fused-ring (bicyclic) bond motifs is 1. The molecule has 0 radical (unpaired) electrons. The first-order chi connectivity index (χ1) is 8.17. The Hall–Kier alpha value is -1.46. The fourth-order valence-electron chi connectivity index (χ4n) is 2.47. The van der Waals surface area contributed by atoms with Crippen molar-refractivity contribution in [3.8, 4) is 0 Å². The number of rotatable bonds is 2. The Morgan fingerprint density at radius 3 is 2.76 bits per heavy atom. The minimum atomic E-state index is 0.00457. The molecule has 2 heterocycles. The highest BCUT2D eigenvalue weighted by atomic mass is 16.2. The quantitative estimate of drug-likeness (QED) is 0.747. The second-order valence-corrected chi connectivity index (χ2v) is 4.43. The van der Waals surface area contributed by atoms with E-state index in [9.17, 15) is 9.59 Å². The summed E-state index contributed by atoms with van der Waals surface area (Å²) in [7, 11) is 0. The Bertz CT molecular complexity index is 317. The maximum absolute atomic E-state index is 12.2. The second kappa shape index (κ2) is 4.81. The van der Waals surface area contributed by atoms with Crippen molar-refractivity contribution in [3.63, 3.8) is 0 Å². The maximum Gasteiger partial charge on any atom is 0.320 e. The lowest BCUT2D eigenvalue weighted by molar-refractivity contribution is 0.109. The van der Waals surface area contributed by atoms with E-state index in [0.29, 0.717) is 26.2 Å². The van der Waals surface area contributed by atoms with Crippen LogP contribution in [0.4, 0.5) is 9.59 Å². The number of nitrogens with zero attached hydrogens (tertiary/aromatic N) is 3. The molecular formula is C11H20N4O2. The zero-order valence-electron chi connectivity index (χ0n) is 10.5. The van der Waals surface area contributed by atoms with Crippen LogP contribution in [0.1, 0.15) is 13.8 Å². The van der Waals surface area contributed by atoms with Gasteiger partial charge in [0.15, 0.2) is 0 Å². The fourth-order valence-corrected chi connectivity index (χ4v) is 2.47. The summed E-state index contributed by atoms with van der Waals surface area (Å²) >= 11 is 0. The van der Waals surface area contributed by atoms with Gasteiger partial charge in [-0.15, -0.1) is 0 Å². The van der Waals surface area contributed by atoms with E-state index in [2.05, 4.69) is 5.32 Å². The van der Waals surface area contributed by atoms with Crippen molar-refractivity contribution < 1.29 is 9.59 Å². The highest BCUT2D eigenvalue weighted by Gasteiger charge is 2.37. The predicted octanol–water partition coefficient (Wildman–Crippen LogP) is 0.158. The molecule has 6 nitrogen and oxygen atoms in total. The van der Waals surface area contributed by atoms with Gasteiger partial charge in [-0.1, -0.05) is 0 Å². The van der Waals surface area contributed by atoms with Crippen LogP contribution in [-0.4, -0.2) is 72.1 Å². The molecule has 0 aliphatic carbocycles. The Balaban J connectivity index is 1.97. The van der Waals surface area contributed by atoms with Crippen molar-refractivity contribution in [1.29, 1.82) is 0 Å². The van der Waals surface area contributed by atoms with Crippen molar-refractivity contribution in [2.75, 3.05) is 39.3 Å². The van der Waals surface area contributed by atoms with E-state index >= 15 is 0 Å². The Morgan fingerprint density at radius 1 is 1.41 bits per heavy atom. The fraction of sp³-hybridized carbons (Fsp3) is 0.818. The van der Waals surface area contributed by atoms with Crippen LogP contribution in [0.15, 0.2) is 0 Å². The van der Waals surface area contributed by atoms with Gasteiger partial charge >= 0.3 is 12.1 Å². The first kappa shape index (κ1) is 12.0. The van der Waals surface area contributed by atoms with Gasteiger partial charge in [-0.25, -0.2) is 9.59 Å². The minimum absolute atomic E-state index is 0.00457. The van der Waals surface area contributed by atoms with Crippen LogP contribution >= 0.6 is 0 Å². The molecular weight excluding hydrogens is 220 g/mol. The molecule has 0 aromatic heterocycles. The molecule has 6 heteroatoms. The number of piperazine rings is 1. The molecule has 2 fully saturated rings.